The lowest BCUT2D eigenvalue weighted by molar-refractivity contribution is 0.266. The van der Waals surface area contributed by atoms with E-state index in [2.05, 4.69) is 75.9 Å². The number of fused-ring (bicyclic) bond motifs is 5. The molecule has 2 aliphatic rings. The van der Waals surface area contributed by atoms with Crippen molar-refractivity contribution in [2.45, 2.75) is 19.5 Å². The van der Waals surface area contributed by atoms with E-state index in [1.54, 1.807) is 6.33 Å². The standard InChI is InChI=1S/C27H26ClN7/c1-17-13-33(15-25(17)32(2)3)21-8-9-23-20(10-21)14-34-24(27-31-30-16-35(23)27)11-22(26(34)28)19-6-4-18(12-29)5-7-19/h4-11,16-17,25H,13-15H2,1-3H3/t17-,25-/m0/s1. The second-order valence-electron chi connectivity index (χ2n) is 9.76. The van der Waals surface area contributed by atoms with Gasteiger partial charge < -0.3 is 14.4 Å². The predicted molar refractivity (Wildman–Crippen MR) is 138 cm³/mol. The number of rotatable bonds is 3. The van der Waals surface area contributed by atoms with Crippen molar-refractivity contribution in [1.29, 1.82) is 5.26 Å². The minimum atomic E-state index is 0.540. The van der Waals surface area contributed by atoms with Crippen LogP contribution in [0.3, 0.4) is 0 Å². The van der Waals surface area contributed by atoms with E-state index in [-0.39, 0.29) is 0 Å². The maximum atomic E-state index is 9.15. The highest BCUT2D eigenvalue weighted by Gasteiger charge is 2.32. The summed E-state index contributed by atoms with van der Waals surface area (Å²) in [6.45, 7) is 5.02. The summed E-state index contributed by atoms with van der Waals surface area (Å²) >= 11 is 6.99. The quantitative estimate of drug-likeness (QED) is 0.373. The topological polar surface area (TPSA) is 65.9 Å². The zero-order valence-corrected chi connectivity index (χ0v) is 20.7. The van der Waals surface area contributed by atoms with E-state index in [1.807, 2.05) is 28.8 Å². The summed E-state index contributed by atoms with van der Waals surface area (Å²) in [4.78, 5) is 4.81. The van der Waals surface area contributed by atoms with E-state index in [4.69, 9.17) is 16.9 Å². The van der Waals surface area contributed by atoms with Gasteiger partial charge in [0.1, 0.15) is 11.5 Å². The van der Waals surface area contributed by atoms with Crippen LogP contribution in [0.2, 0.25) is 5.15 Å². The Hall–Kier alpha value is -3.60. The molecule has 0 bridgehead atoms. The van der Waals surface area contributed by atoms with Crippen LogP contribution in [-0.2, 0) is 6.54 Å². The maximum absolute atomic E-state index is 9.15. The third-order valence-corrected chi connectivity index (χ3v) is 7.79. The normalized spacial score (nSPS) is 18.7. The average molecular weight is 484 g/mol. The summed E-state index contributed by atoms with van der Waals surface area (Å²) in [5, 5.41) is 18.5. The van der Waals surface area contributed by atoms with Gasteiger partial charge in [-0.15, -0.1) is 10.2 Å². The summed E-state index contributed by atoms with van der Waals surface area (Å²) in [7, 11) is 4.33. The van der Waals surface area contributed by atoms with Gasteiger partial charge >= 0.3 is 0 Å². The number of halogens is 1. The van der Waals surface area contributed by atoms with Crippen LogP contribution in [0.1, 0.15) is 18.1 Å². The molecule has 6 rings (SSSR count). The smallest absolute Gasteiger partial charge is 0.185 e. The summed E-state index contributed by atoms with van der Waals surface area (Å²) in [6, 6.07) is 19.0. The van der Waals surface area contributed by atoms with E-state index in [0.717, 1.165) is 41.4 Å². The summed E-state index contributed by atoms with van der Waals surface area (Å²) in [6.07, 6.45) is 1.77. The Morgan fingerprint density at radius 1 is 1.09 bits per heavy atom. The van der Waals surface area contributed by atoms with Crippen molar-refractivity contribution in [2.75, 3.05) is 32.1 Å². The third-order valence-electron chi connectivity index (χ3n) is 7.39. The summed E-state index contributed by atoms with van der Waals surface area (Å²) in [5.74, 6) is 1.37. The van der Waals surface area contributed by atoms with Gasteiger partial charge in [-0.1, -0.05) is 30.7 Å². The minimum Gasteiger partial charge on any atom is -0.370 e. The molecule has 4 heterocycles. The number of anilines is 1. The molecule has 0 radical (unpaired) electrons. The molecule has 8 heteroatoms. The first-order chi connectivity index (χ1) is 16.9. The molecule has 0 unspecified atom stereocenters. The van der Waals surface area contributed by atoms with Gasteiger partial charge in [0.15, 0.2) is 5.82 Å². The molecule has 2 aromatic carbocycles. The third kappa shape index (κ3) is 3.53. The van der Waals surface area contributed by atoms with Crippen molar-refractivity contribution in [3.8, 4) is 34.4 Å². The van der Waals surface area contributed by atoms with Crippen molar-refractivity contribution in [3.05, 3.63) is 71.1 Å². The monoisotopic (exact) mass is 483 g/mol. The zero-order valence-electron chi connectivity index (χ0n) is 20.0. The lowest BCUT2D eigenvalue weighted by atomic mass is 10.1. The zero-order chi connectivity index (χ0) is 24.3. The fraction of sp³-hybridized carbons (Fsp3) is 0.296. The van der Waals surface area contributed by atoms with Gasteiger partial charge in [-0.25, -0.2) is 0 Å². The van der Waals surface area contributed by atoms with Crippen molar-refractivity contribution < 1.29 is 0 Å². The van der Waals surface area contributed by atoms with Gasteiger partial charge in [-0.3, -0.25) is 4.57 Å². The molecule has 2 aromatic heterocycles. The Morgan fingerprint density at radius 2 is 1.89 bits per heavy atom. The Morgan fingerprint density at radius 3 is 2.60 bits per heavy atom. The van der Waals surface area contributed by atoms with E-state index >= 15 is 0 Å². The molecule has 2 aliphatic heterocycles. The van der Waals surface area contributed by atoms with Crippen LogP contribution in [-0.4, -0.2) is 57.5 Å². The second kappa shape index (κ2) is 8.26. The Labute approximate surface area is 209 Å². The average Bonchev–Trinajstić information content (AvgIpc) is 3.55. The summed E-state index contributed by atoms with van der Waals surface area (Å²) < 4.78 is 4.16. The number of likely N-dealkylation sites (N-methyl/N-ethyl adjacent to an activating group) is 1. The van der Waals surface area contributed by atoms with E-state index in [1.165, 1.54) is 11.3 Å². The van der Waals surface area contributed by atoms with Gasteiger partial charge in [0, 0.05) is 30.4 Å². The van der Waals surface area contributed by atoms with Crippen molar-refractivity contribution in [3.63, 3.8) is 0 Å². The fourth-order valence-corrected chi connectivity index (χ4v) is 5.83. The molecule has 0 saturated carbocycles. The summed E-state index contributed by atoms with van der Waals surface area (Å²) in [5.41, 5.74) is 6.91. The number of nitriles is 1. The van der Waals surface area contributed by atoms with Crippen LogP contribution in [0.15, 0.2) is 54.9 Å². The number of benzene rings is 2. The van der Waals surface area contributed by atoms with E-state index in [9.17, 15) is 0 Å². The molecule has 0 aliphatic carbocycles. The molecular weight excluding hydrogens is 458 g/mol. The first-order valence-corrected chi connectivity index (χ1v) is 12.2. The molecule has 1 fully saturated rings. The second-order valence-corrected chi connectivity index (χ2v) is 10.1. The Bertz CT molecular complexity index is 1460. The molecule has 7 nitrogen and oxygen atoms in total. The highest BCUT2D eigenvalue weighted by Crippen LogP contribution is 2.40. The molecule has 1 saturated heterocycles. The molecule has 2 atom stereocenters. The van der Waals surface area contributed by atoms with Crippen LogP contribution < -0.4 is 4.90 Å². The van der Waals surface area contributed by atoms with Gasteiger partial charge in [-0.05, 0) is 67.5 Å². The van der Waals surface area contributed by atoms with E-state index < -0.39 is 0 Å². The van der Waals surface area contributed by atoms with Crippen molar-refractivity contribution in [1.82, 2.24) is 24.2 Å². The first-order valence-electron chi connectivity index (χ1n) is 11.8. The van der Waals surface area contributed by atoms with Crippen LogP contribution in [0.25, 0.3) is 28.3 Å². The van der Waals surface area contributed by atoms with Gasteiger partial charge in [0.05, 0.1) is 29.6 Å². The molecular formula is C27H26ClN7. The molecule has 0 N–H and O–H groups in total. The highest BCUT2D eigenvalue weighted by atomic mass is 35.5. The molecule has 0 amide bonds. The van der Waals surface area contributed by atoms with E-state index in [0.29, 0.717) is 29.2 Å². The van der Waals surface area contributed by atoms with Crippen LogP contribution in [0, 0.1) is 17.2 Å². The minimum absolute atomic E-state index is 0.540. The van der Waals surface area contributed by atoms with Crippen LogP contribution in [0.4, 0.5) is 5.69 Å². The largest absolute Gasteiger partial charge is 0.370 e. The van der Waals surface area contributed by atoms with Crippen LogP contribution in [0.5, 0.6) is 0 Å². The number of nitrogens with zero attached hydrogens (tertiary/aromatic N) is 7. The Balaban J connectivity index is 1.43. The maximum Gasteiger partial charge on any atom is 0.185 e. The lowest BCUT2D eigenvalue weighted by Crippen LogP contribution is -2.34. The first kappa shape index (κ1) is 21.9. The number of hydrogen-bond donors (Lipinski definition) is 0. The SMILES string of the molecule is C[C@H]1CN(c2ccc3c(c2)Cn2c(cc(-c4ccc(C#N)cc4)c2Cl)-c2nncn2-3)C[C@@H]1N(C)C. The number of hydrogen-bond acceptors (Lipinski definition) is 5. The predicted octanol–water partition coefficient (Wildman–Crippen LogP) is 4.68. The Kier molecular flexibility index (Phi) is 5.17. The van der Waals surface area contributed by atoms with Crippen molar-refractivity contribution in [2.24, 2.45) is 5.92 Å². The molecule has 0 spiro atoms. The molecule has 4 aromatic rings. The van der Waals surface area contributed by atoms with Gasteiger partial charge in [0.25, 0.3) is 0 Å². The van der Waals surface area contributed by atoms with Crippen molar-refractivity contribution >= 4 is 17.3 Å². The fourth-order valence-electron chi connectivity index (χ4n) is 5.51. The lowest BCUT2D eigenvalue weighted by Gasteiger charge is -2.23. The highest BCUT2D eigenvalue weighted by molar-refractivity contribution is 6.32. The molecule has 176 valence electrons. The van der Waals surface area contributed by atoms with Gasteiger partial charge in [0.2, 0.25) is 0 Å². The molecule has 35 heavy (non-hydrogen) atoms. The number of aromatic nitrogens is 4. The van der Waals surface area contributed by atoms with Gasteiger partial charge in [-0.2, -0.15) is 5.26 Å². The van der Waals surface area contributed by atoms with Crippen LogP contribution >= 0.6 is 11.6 Å².